The van der Waals surface area contributed by atoms with Gasteiger partial charge < -0.3 is 9.84 Å². The molecule has 0 radical (unpaired) electrons. The normalized spacial score (nSPS) is 11.8. The van der Waals surface area contributed by atoms with Gasteiger partial charge in [-0.2, -0.15) is 0 Å². The summed E-state index contributed by atoms with van der Waals surface area (Å²) >= 11 is 5.40. The molecule has 0 aromatic carbocycles. The number of carbonyl (C=O) groups is 1. The maximum Gasteiger partial charge on any atom is 0.573 e. The fourth-order valence-electron chi connectivity index (χ4n) is 1.40. The van der Waals surface area contributed by atoms with E-state index >= 15 is 0 Å². The number of pyridine rings is 1. The van der Waals surface area contributed by atoms with Crippen LogP contribution in [0.4, 0.5) is 22.0 Å². The van der Waals surface area contributed by atoms with Crippen LogP contribution in [0.1, 0.15) is 23.4 Å². The Balaban J connectivity index is 3.39. The van der Waals surface area contributed by atoms with E-state index in [1.54, 1.807) is 0 Å². The summed E-state index contributed by atoms with van der Waals surface area (Å²) in [5.74, 6) is -3.05. The Morgan fingerprint density at radius 2 is 2.05 bits per heavy atom. The van der Waals surface area contributed by atoms with Gasteiger partial charge >= 0.3 is 12.3 Å². The molecule has 1 N–H and O–H groups in total. The Labute approximate surface area is 114 Å². The van der Waals surface area contributed by atoms with Gasteiger partial charge in [-0.15, -0.1) is 24.8 Å². The predicted molar refractivity (Wildman–Crippen MR) is 56.8 cm³/mol. The first kappa shape index (κ1) is 16.4. The minimum Gasteiger partial charge on any atom is -0.481 e. The molecule has 112 valence electrons. The number of rotatable bonds is 5. The van der Waals surface area contributed by atoms with Gasteiger partial charge in [-0.1, -0.05) is 0 Å². The molecule has 0 amide bonds. The number of hydrogen-bond acceptors (Lipinski definition) is 3. The Morgan fingerprint density at radius 3 is 2.45 bits per heavy atom. The highest BCUT2D eigenvalue weighted by atomic mass is 35.5. The molecule has 0 aliphatic carbocycles. The SMILES string of the molecule is O=C(O)Cc1c(OC(F)(F)F)cc(C(F)F)nc1CCl. The third kappa shape index (κ3) is 4.48. The van der Waals surface area contributed by atoms with Gasteiger partial charge in [0.15, 0.2) is 0 Å². The Bertz CT molecular complexity index is 506. The second-order valence-corrected chi connectivity index (χ2v) is 3.79. The van der Waals surface area contributed by atoms with Gasteiger partial charge in [0.2, 0.25) is 0 Å². The second kappa shape index (κ2) is 6.21. The zero-order valence-corrected chi connectivity index (χ0v) is 10.3. The van der Waals surface area contributed by atoms with Gasteiger partial charge in [-0.3, -0.25) is 9.78 Å². The number of halogens is 6. The lowest BCUT2D eigenvalue weighted by molar-refractivity contribution is -0.275. The van der Waals surface area contributed by atoms with Crippen molar-refractivity contribution in [2.45, 2.75) is 25.1 Å². The Kier molecular flexibility index (Phi) is 5.09. The van der Waals surface area contributed by atoms with Gasteiger partial charge in [0.05, 0.1) is 18.0 Å². The molecule has 0 saturated carbocycles. The van der Waals surface area contributed by atoms with Gasteiger partial charge in [-0.25, -0.2) is 8.78 Å². The minimum atomic E-state index is -5.16. The number of aliphatic carboxylic acids is 1. The van der Waals surface area contributed by atoms with Crippen molar-refractivity contribution in [1.29, 1.82) is 0 Å². The Morgan fingerprint density at radius 1 is 1.45 bits per heavy atom. The number of hydrogen-bond donors (Lipinski definition) is 1. The van der Waals surface area contributed by atoms with Crippen LogP contribution in [0.25, 0.3) is 0 Å². The van der Waals surface area contributed by atoms with E-state index in [-0.39, 0.29) is 0 Å². The first-order valence-corrected chi connectivity index (χ1v) is 5.52. The zero-order chi connectivity index (χ0) is 15.5. The van der Waals surface area contributed by atoms with Crippen molar-refractivity contribution >= 4 is 17.6 Å². The van der Waals surface area contributed by atoms with E-state index in [0.29, 0.717) is 6.07 Å². The van der Waals surface area contributed by atoms with E-state index < -0.39 is 53.8 Å². The Hall–Kier alpha value is -1.64. The average Bonchev–Trinajstić information content (AvgIpc) is 2.28. The zero-order valence-electron chi connectivity index (χ0n) is 9.55. The fraction of sp³-hybridized carbons (Fsp3) is 0.400. The van der Waals surface area contributed by atoms with E-state index in [1.165, 1.54) is 0 Å². The van der Waals surface area contributed by atoms with Crippen LogP contribution < -0.4 is 4.74 Å². The number of aromatic nitrogens is 1. The highest BCUT2D eigenvalue weighted by Crippen LogP contribution is 2.32. The molecule has 0 unspecified atom stereocenters. The molecular weight excluding hydrogens is 313 g/mol. The van der Waals surface area contributed by atoms with Crippen molar-refractivity contribution in [1.82, 2.24) is 4.98 Å². The minimum absolute atomic E-state index is 0.354. The first-order valence-electron chi connectivity index (χ1n) is 4.98. The quantitative estimate of drug-likeness (QED) is 0.668. The van der Waals surface area contributed by atoms with Crippen LogP contribution in [0.5, 0.6) is 5.75 Å². The van der Waals surface area contributed by atoms with Gasteiger partial charge in [-0.05, 0) is 0 Å². The third-order valence-corrected chi connectivity index (χ3v) is 2.35. The molecule has 0 bridgehead atoms. The fourth-order valence-corrected chi connectivity index (χ4v) is 1.62. The molecule has 1 rings (SSSR count). The molecule has 0 aliphatic rings. The molecular formula is C10H7ClF5NO3. The number of ether oxygens (including phenoxy) is 1. The second-order valence-electron chi connectivity index (χ2n) is 3.52. The lowest BCUT2D eigenvalue weighted by Crippen LogP contribution is -2.20. The highest BCUT2D eigenvalue weighted by molar-refractivity contribution is 6.17. The molecule has 1 aromatic heterocycles. The number of carboxylic acid groups (broad SMARTS) is 1. The van der Waals surface area contributed by atoms with E-state index in [1.807, 2.05) is 0 Å². The van der Waals surface area contributed by atoms with Crippen molar-refractivity contribution in [3.05, 3.63) is 23.0 Å². The maximum atomic E-state index is 12.5. The smallest absolute Gasteiger partial charge is 0.481 e. The lowest BCUT2D eigenvalue weighted by atomic mass is 10.1. The number of nitrogens with zero attached hydrogens (tertiary/aromatic N) is 1. The molecule has 1 heterocycles. The summed E-state index contributed by atoms with van der Waals surface area (Å²) in [5, 5.41) is 8.63. The predicted octanol–water partition coefficient (Wildman–Crippen LogP) is 3.28. The van der Waals surface area contributed by atoms with Gasteiger partial charge in [0.25, 0.3) is 6.43 Å². The molecule has 20 heavy (non-hydrogen) atoms. The van der Waals surface area contributed by atoms with E-state index in [2.05, 4.69) is 9.72 Å². The van der Waals surface area contributed by atoms with Crippen LogP contribution in [-0.4, -0.2) is 22.4 Å². The summed E-state index contributed by atoms with van der Waals surface area (Å²) in [4.78, 5) is 14.0. The summed E-state index contributed by atoms with van der Waals surface area (Å²) in [6.07, 6.45) is -9.19. The molecule has 4 nitrogen and oxygen atoms in total. The van der Waals surface area contributed by atoms with Crippen LogP contribution in [0.3, 0.4) is 0 Å². The molecule has 10 heteroatoms. The summed E-state index contributed by atoms with van der Waals surface area (Å²) in [6.45, 7) is 0. The standard InChI is InChI=1S/C10H7ClF5NO3/c11-3-6-4(1-8(18)19)7(20-10(14,15)16)2-5(17-6)9(12)13/h2,9H,1,3H2,(H,18,19). The number of alkyl halides is 6. The van der Waals surface area contributed by atoms with E-state index in [0.717, 1.165) is 0 Å². The van der Waals surface area contributed by atoms with Crippen LogP contribution in [-0.2, 0) is 17.1 Å². The first-order chi connectivity index (χ1) is 9.14. The van der Waals surface area contributed by atoms with Crippen molar-refractivity contribution < 1.29 is 36.6 Å². The lowest BCUT2D eigenvalue weighted by Gasteiger charge is -2.16. The monoisotopic (exact) mass is 319 g/mol. The van der Waals surface area contributed by atoms with Crippen LogP contribution in [0, 0.1) is 0 Å². The van der Waals surface area contributed by atoms with Crippen molar-refractivity contribution in [3.63, 3.8) is 0 Å². The molecule has 1 aromatic rings. The van der Waals surface area contributed by atoms with Crippen molar-refractivity contribution in [2.75, 3.05) is 0 Å². The maximum absolute atomic E-state index is 12.5. The van der Waals surface area contributed by atoms with Gasteiger partial charge in [0.1, 0.15) is 11.4 Å². The van der Waals surface area contributed by atoms with Gasteiger partial charge in [0, 0.05) is 11.6 Å². The van der Waals surface area contributed by atoms with Crippen LogP contribution in [0.2, 0.25) is 0 Å². The molecule has 0 fully saturated rings. The topological polar surface area (TPSA) is 59.4 Å². The summed E-state index contributed by atoms with van der Waals surface area (Å²) in [6, 6.07) is 0.354. The van der Waals surface area contributed by atoms with Crippen molar-refractivity contribution in [2.24, 2.45) is 0 Å². The largest absolute Gasteiger partial charge is 0.573 e. The molecule has 0 atom stereocenters. The molecule has 0 spiro atoms. The molecule has 0 saturated heterocycles. The number of carboxylic acids is 1. The highest BCUT2D eigenvalue weighted by Gasteiger charge is 2.34. The van der Waals surface area contributed by atoms with E-state index in [4.69, 9.17) is 16.7 Å². The summed E-state index contributed by atoms with van der Waals surface area (Å²) in [7, 11) is 0. The summed E-state index contributed by atoms with van der Waals surface area (Å²) < 4.78 is 65.3. The van der Waals surface area contributed by atoms with Crippen LogP contribution in [0.15, 0.2) is 6.07 Å². The summed E-state index contributed by atoms with van der Waals surface area (Å²) in [5.41, 5.74) is -1.87. The van der Waals surface area contributed by atoms with Crippen LogP contribution >= 0.6 is 11.6 Å². The molecule has 0 aliphatic heterocycles. The average molecular weight is 320 g/mol. The third-order valence-electron chi connectivity index (χ3n) is 2.09. The van der Waals surface area contributed by atoms with E-state index in [9.17, 15) is 26.7 Å². The van der Waals surface area contributed by atoms with Crippen molar-refractivity contribution in [3.8, 4) is 5.75 Å².